The highest BCUT2D eigenvalue weighted by molar-refractivity contribution is 5.79. The molecule has 120 valence electrons. The zero-order valence-electron chi connectivity index (χ0n) is 13.2. The number of methoxy groups -OCH3 is 1. The number of rotatable bonds is 5. The molecule has 1 aliphatic rings. The number of benzene rings is 1. The lowest BCUT2D eigenvalue weighted by molar-refractivity contribution is -0.134. The van der Waals surface area contributed by atoms with Crippen LogP contribution >= 0.6 is 0 Å². The van der Waals surface area contributed by atoms with Crippen molar-refractivity contribution in [3.63, 3.8) is 0 Å². The average Bonchev–Trinajstić information content (AvgIpc) is 2.56. The summed E-state index contributed by atoms with van der Waals surface area (Å²) < 4.78 is 5.46. The Morgan fingerprint density at radius 3 is 2.45 bits per heavy atom. The van der Waals surface area contributed by atoms with Gasteiger partial charge in [-0.1, -0.05) is 30.3 Å². The van der Waals surface area contributed by atoms with Crippen LogP contribution < -0.4 is 5.32 Å². The lowest BCUT2D eigenvalue weighted by Crippen LogP contribution is -2.43. The van der Waals surface area contributed by atoms with Crippen LogP contribution in [0.4, 0.5) is 0 Å². The quantitative estimate of drug-likeness (QED) is 0.901. The van der Waals surface area contributed by atoms with Crippen LogP contribution in [0.15, 0.2) is 30.3 Å². The van der Waals surface area contributed by atoms with Crippen LogP contribution in [-0.2, 0) is 14.3 Å². The standard InChI is InChI=1S/C17H24N2O3/c1-13(20)19-10-8-15(9-11-19)17(21)18-12-16(22-2)14-6-4-3-5-7-14/h3-7,15-16H,8-12H2,1-2H3,(H,18,21)/t16-/m0/s1. The number of amides is 2. The zero-order chi connectivity index (χ0) is 15.9. The first-order valence-electron chi connectivity index (χ1n) is 7.72. The van der Waals surface area contributed by atoms with Crippen molar-refractivity contribution in [2.45, 2.75) is 25.9 Å². The number of piperidine rings is 1. The van der Waals surface area contributed by atoms with Gasteiger partial charge in [0.25, 0.3) is 0 Å². The van der Waals surface area contributed by atoms with Gasteiger partial charge >= 0.3 is 0 Å². The maximum Gasteiger partial charge on any atom is 0.223 e. The molecule has 1 N–H and O–H groups in total. The van der Waals surface area contributed by atoms with Crippen molar-refractivity contribution < 1.29 is 14.3 Å². The predicted molar refractivity (Wildman–Crippen MR) is 84.2 cm³/mol. The topological polar surface area (TPSA) is 58.6 Å². The fourth-order valence-electron chi connectivity index (χ4n) is 2.80. The van der Waals surface area contributed by atoms with Crippen LogP contribution in [0.2, 0.25) is 0 Å². The minimum atomic E-state index is -0.137. The van der Waals surface area contributed by atoms with E-state index in [1.54, 1.807) is 18.9 Å². The highest BCUT2D eigenvalue weighted by atomic mass is 16.5. The normalized spacial score (nSPS) is 17.1. The maximum absolute atomic E-state index is 12.3. The molecular weight excluding hydrogens is 280 g/mol. The van der Waals surface area contributed by atoms with E-state index in [-0.39, 0.29) is 23.8 Å². The van der Waals surface area contributed by atoms with Crippen LogP contribution in [0.3, 0.4) is 0 Å². The fourth-order valence-corrected chi connectivity index (χ4v) is 2.80. The molecule has 1 aliphatic heterocycles. The largest absolute Gasteiger partial charge is 0.375 e. The summed E-state index contributed by atoms with van der Waals surface area (Å²) >= 11 is 0. The Hall–Kier alpha value is -1.88. The van der Waals surface area contributed by atoms with Crippen molar-refractivity contribution >= 4 is 11.8 Å². The summed E-state index contributed by atoms with van der Waals surface area (Å²) in [5, 5.41) is 2.98. The first-order chi connectivity index (χ1) is 10.6. The number of ether oxygens (including phenoxy) is 1. The molecule has 1 aromatic rings. The molecule has 2 rings (SSSR count). The molecule has 0 bridgehead atoms. The minimum Gasteiger partial charge on any atom is -0.375 e. The molecule has 1 fully saturated rings. The van der Waals surface area contributed by atoms with Gasteiger partial charge in [-0.05, 0) is 18.4 Å². The number of carbonyl (C=O) groups is 2. The number of carbonyl (C=O) groups excluding carboxylic acids is 2. The van der Waals surface area contributed by atoms with Gasteiger partial charge in [0, 0.05) is 39.6 Å². The summed E-state index contributed by atoms with van der Waals surface area (Å²) in [5.41, 5.74) is 1.05. The second-order valence-corrected chi connectivity index (χ2v) is 5.66. The Morgan fingerprint density at radius 1 is 1.27 bits per heavy atom. The molecule has 0 aliphatic carbocycles. The van der Waals surface area contributed by atoms with Crippen LogP contribution in [-0.4, -0.2) is 43.5 Å². The SMILES string of the molecule is CO[C@@H](CNC(=O)C1CCN(C(C)=O)CC1)c1ccccc1. The molecule has 2 amide bonds. The van der Waals surface area contributed by atoms with Crippen molar-refractivity contribution in [3.8, 4) is 0 Å². The molecule has 1 saturated heterocycles. The highest BCUT2D eigenvalue weighted by Crippen LogP contribution is 2.19. The van der Waals surface area contributed by atoms with E-state index < -0.39 is 0 Å². The molecule has 1 atom stereocenters. The molecule has 0 radical (unpaired) electrons. The van der Waals surface area contributed by atoms with Crippen molar-refractivity contribution in [2.24, 2.45) is 5.92 Å². The molecule has 22 heavy (non-hydrogen) atoms. The minimum absolute atomic E-state index is 0.0103. The first-order valence-corrected chi connectivity index (χ1v) is 7.72. The highest BCUT2D eigenvalue weighted by Gasteiger charge is 2.26. The number of nitrogens with one attached hydrogen (secondary N) is 1. The van der Waals surface area contributed by atoms with Gasteiger partial charge in [0.05, 0.1) is 6.10 Å². The Bertz CT molecular complexity index is 496. The van der Waals surface area contributed by atoms with Crippen molar-refractivity contribution in [1.29, 1.82) is 0 Å². The molecule has 1 aromatic carbocycles. The van der Waals surface area contributed by atoms with Gasteiger partial charge in [0.15, 0.2) is 0 Å². The number of hydrogen-bond donors (Lipinski definition) is 1. The Labute approximate surface area is 131 Å². The van der Waals surface area contributed by atoms with Crippen molar-refractivity contribution in [1.82, 2.24) is 10.2 Å². The second-order valence-electron chi connectivity index (χ2n) is 5.66. The van der Waals surface area contributed by atoms with Crippen LogP contribution in [0.25, 0.3) is 0 Å². The summed E-state index contributed by atoms with van der Waals surface area (Å²) in [6, 6.07) is 9.86. The lowest BCUT2D eigenvalue weighted by atomic mass is 9.95. The van der Waals surface area contributed by atoms with Gasteiger partial charge in [-0.25, -0.2) is 0 Å². The molecule has 0 saturated carbocycles. The monoisotopic (exact) mass is 304 g/mol. The van der Waals surface area contributed by atoms with E-state index in [1.807, 2.05) is 30.3 Å². The molecule has 0 aromatic heterocycles. The summed E-state index contributed by atoms with van der Waals surface area (Å²) in [4.78, 5) is 25.3. The van der Waals surface area contributed by atoms with E-state index >= 15 is 0 Å². The summed E-state index contributed by atoms with van der Waals surface area (Å²) in [5.74, 6) is 0.132. The van der Waals surface area contributed by atoms with Gasteiger partial charge in [0.2, 0.25) is 11.8 Å². The average molecular weight is 304 g/mol. The Kier molecular flexibility index (Phi) is 5.95. The van der Waals surface area contributed by atoms with E-state index in [0.29, 0.717) is 19.6 Å². The maximum atomic E-state index is 12.3. The van der Waals surface area contributed by atoms with E-state index in [9.17, 15) is 9.59 Å². The molecule has 5 heteroatoms. The summed E-state index contributed by atoms with van der Waals surface area (Å²) in [6.45, 7) is 3.37. The van der Waals surface area contributed by atoms with E-state index in [4.69, 9.17) is 4.74 Å². The van der Waals surface area contributed by atoms with Gasteiger partial charge in [0.1, 0.15) is 0 Å². The van der Waals surface area contributed by atoms with Gasteiger partial charge in [-0.2, -0.15) is 0 Å². The fraction of sp³-hybridized carbons (Fsp3) is 0.529. The smallest absolute Gasteiger partial charge is 0.223 e. The van der Waals surface area contributed by atoms with E-state index in [2.05, 4.69) is 5.32 Å². The van der Waals surface area contributed by atoms with Crippen LogP contribution in [0, 0.1) is 5.92 Å². The molecule has 1 heterocycles. The number of hydrogen-bond acceptors (Lipinski definition) is 3. The van der Waals surface area contributed by atoms with Crippen molar-refractivity contribution in [2.75, 3.05) is 26.7 Å². The number of likely N-dealkylation sites (tertiary alicyclic amines) is 1. The van der Waals surface area contributed by atoms with Crippen molar-refractivity contribution in [3.05, 3.63) is 35.9 Å². The third-order valence-corrected chi connectivity index (χ3v) is 4.23. The third kappa shape index (κ3) is 4.31. The zero-order valence-corrected chi connectivity index (χ0v) is 13.2. The van der Waals surface area contributed by atoms with E-state index in [0.717, 1.165) is 18.4 Å². The Morgan fingerprint density at radius 2 is 1.91 bits per heavy atom. The molecule has 0 spiro atoms. The van der Waals surface area contributed by atoms with Crippen LogP contribution in [0.5, 0.6) is 0 Å². The van der Waals surface area contributed by atoms with Gasteiger partial charge in [-0.3, -0.25) is 9.59 Å². The lowest BCUT2D eigenvalue weighted by Gasteiger charge is -2.30. The van der Waals surface area contributed by atoms with Gasteiger partial charge in [-0.15, -0.1) is 0 Å². The van der Waals surface area contributed by atoms with E-state index in [1.165, 1.54) is 0 Å². The Balaban J connectivity index is 1.81. The first kappa shape index (κ1) is 16.5. The summed E-state index contributed by atoms with van der Waals surface area (Å²) in [7, 11) is 1.65. The summed E-state index contributed by atoms with van der Waals surface area (Å²) in [6.07, 6.45) is 1.32. The van der Waals surface area contributed by atoms with Gasteiger partial charge < -0.3 is 15.0 Å². The number of nitrogens with zero attached hydrogens (tertiary/aromatic N) is 1. The second kappa shape index (κ2) is 7.94. The third-order valence-electron chi connectivity index (χ3n) is 4.23. The molecule has 0 unspecified atom stereocenters. The predicted octanol–water partition coefficient (Wildman–Crippen LogP) is 1.75. The molecule has 5 nitrogen and oxygen atoms in total. The van der Waals surface area contributed by atoms with Crippen LogP contribution in [0.1, 0.15) is 31.4 Å². The molecular formula is C17H24N2O3.